The molecule has 2 rings (SSSR count). The molecule has 2 aromatic rings. The van der Waals surface area contributed by atoms with Crippen LogP contribution in [-0.4, -0.2) is 23.0 Å². The Bertz CT molecular complexity index is 628. The van der Waals surface area contributed by atoms with E-state index in [2.05, 4.69) is 10.3 Å². The summed E-state index contributed by atoms with van der Waals surface area (Å²) in [5, 5.41) is 2.86. The predicted molar refractivity (Wildman–Crippen MR) is 86.5 cm³/mol. The van der Waals surface area contributed by atoms with Gasteiger partial charge in [0.2, 0.25) is 0 Å². The molecule has 1 heterocycles. The molecule has 1 amide bonds. The maximum Gasteiger partial charge on any atom is 0.273 e. The van der Waals surface area contributed by atoms with Gasteiger partial charge in [-0.15, -0.1) is 0 Å². The molecule has 0 spiro atoms. The Balaban J connectivity index is 2.15. The molecule has 0 fully saturated rings. The van der Waals surface area contributed by atoms with E-state index in [1.54, 1.807) is 0 Å². The molecule has 0 radical (unpaired) electrons. The van der Waals surface area contributed by atoms with Gasteiger partial charge in [-0.1, -0.05) is 43.7 Å². The fraction of sp³-hybridized carbons (Fsp3) is 0.412. The van der Waals surface area contributed by atoms with Gasteiger partial charge in [0.05, 0.1) is 0 Å². The molecule has 118 valence electrons. The molecule has 0 unspecified atom stereocenters. The minimum atomic E-state index is -0.385. The summed E-state index contributed by atoms with van der Waals surface area (Å²) in [5.74, 6) is 0.217. The zero-order valence-corrected chi connectivity index (χ0v) is 13.3. The maximum absolute atomic E-state index is 12.4. The first-order chi connectivity index (χ1) is 10.5. The number of hydrogen-bond acceptors (Lipinski definition) is 4. The van der Waals surface area contributed by atoms with Crippen molar-refractivity contribution < 1.29 is 9.21 Å². The van der Waals surface area contributed by atoms with Crippen molar-refractivity contribution in [3.63, 3.8) is 0 Å². The first kappa shape index (κ1) is 16.2. The predicted octanol–water partition coefficient (Wildman–Crippen LogP) is 2.90. The van der Waals surface area contributed by atoms with Crippen molar-refractivity contribution in [2.75, 3.05) is 6.54 Å². The van der Waals surface area contributed by atoms with Gasteiger partial charge in [-0.2, -0.15) is 0 Å². The van der Waals surface area contributed by atoms with E-state index >= 15 is 0 Å². The van der Waals surface area contributed by atoms with Gasteiger partial charge < -0.3 is 15.5 Å². The zero-order valence-electron chi connectivity index (χ0n) is 13.3. The Hall–Kier alpha value is -2.14. The Morgan fingerprint density at radius 1 is 1.27 bits per heavy atom. The van der Waals surface area contributed by atoms with Gasteiger partial charge in [-0.25, -0.2) is 4.98 Å². The third-order valence-corrected chi connectivity index (χ3v) is 4.11. The van der Waals surface area contributed by atoms with Gasteiger partial charge in [-0.3, -0.25) is 4.79 Å². The molecule has 0 atom stereocenters. The molecule has 0 aliphatic carbocycles. The lowest BCUT2D eigenvalue weighted by molar-refractivity contribution is 0.0938. The minimum absolute atomic E-state index is 0.263. The number of nitrogens with zero attached hydrogens (tertiary/aromatic N) is 1. The second-order valence-electron chi connectivity index (χ2n) is 5.65. The van der Waals surface area contributed by atoms with Crippen LogP contribution in [0.1, 0.15) is 42.7 Å². The lowest BCUT2D eigenvalue weighted by atomic mass is 9.94. The van der Waals surface area contributed by atoms with E-state index in [-0.39, 0.29) is 11.4 Å². The molecule has 5 heteroatoms. The quantitative estimate of drug-likeness (QED) is 0.859. The molecule has 1 aromatic carbocycles. The van der Waals surface area contributed by atoms with Gasteiger partial charge in [0.25, 0.3) is 5.91 Å². The van der Waals surface area contributed by atoms with Gasteiger partial charge in [0.1, 0.15) is 0 Å². The minimum Gasteiger partial charge on any atom is -0.443 e. The van der Waals surface area contributed by atoms with Crippen LogP contribution in [0.25, 0.3) is 11.3 Å². The Labute approximate surface area is 130 Å². The van der Waals surface area contributed by atoms with Crippen molar-refractivity contribution in [1.82, 2.24) is 10.3 Å². The number of nitrogens with one attached hydrogen (secondary N) is 1. The van der Waals surface area contributed by atoms with Gasteiger partial charge in [0.15, 0.2) is 17.8 Å². The second-order valence-corrected chi connectivity index (χ2v) is 5.65. The van der Waals surface area contributed by atoms with Crippen molar-refractivity contribution in [2.45, 2.75) is 39.2 Å². The molecular formula is C17H23N3O2. The zero-order chi connectivity index (χ0) is 16.2. The monoisotopic (exact) mass is 301 g/mol. The van der Waals surface area contributed by atoms with E-state index in [1.807, 2.05) is 45.0 Å². The van der Waals surface area contributed by atoms with Crippen LogP contribution in [0.5, 0.6) is 0 Å². The number of aromatic nitrogens is 1. The summed E-state index contributed by atoms with van der Waals surface area (Å²) in [6.45, 7) is 6.46. The highest BCUT2D eigenvalue weighted by Gasteiger charge is 2.24. The number of carbonyl (C=O) groups excluding carboxylic acids is 1. The fourth-order valence-electron chi connectivity index (χ4n) is 2.16. The summed E-state index contributed by atoms with van der Waals surface area (Å²) in [5.41, 5.74) is 8.09. The van der Waals surface area contributed by atoms with Crippen molar-refractivity contribution in [1.29, 1.82) is 0 Å². The van der Waals surface area contributed by atoms with E-state index < -0.39 is 0 Å². The summed E-state index contributed by atoms with van der Waals surface area (Å²) >= 11 is 0. The molecule has 0 bridgehead atoms. The number of benzene rings is 1. The number of oxazole rings is 1. The highest BCUT2D eigenvalue weighted by Crippen LogP contribution is 2.23. The standard InChI is InChI=1S/C17H23N3O2/c1-4-17(18,5-2)10-19-16(21)14-15(22-11-20-14)13-8-6-12(3)7-9-13/h6-9,11H,4-5,10,18H2,1-3H3,(H,19,21). The van der Waals surface area contributed by atoms with Crippen LogP contribution in [0.15, 0.2) is 35.1 Å². The molecule has 0 aliphatic heterocycles. The van der Waals surface area contributed by atoms with Crippen LogP contribution in [0.4, 0.5) is 0 Å². The van der Waals surface area contributed by atoms with Gasteiger partial charge in [0, 0.05) is 17.6 Å². The average molecular weight is 301 g/mol. The van der Waals surface area contributed by atoms with E-state index in [9.17, 15) is 4.79 Å². The van der Waals surface area contributed by atoms with Crippen LogP contribution in [-0.2, 0) is 0 Å². The first-order valence-electron chi connectivity index (χ1n) is 7.56. The average Bonchev–Trinajstić information content (AvgIpc) is 3.02. The molecular weight excluding hydrogens is 278 g/mol. The molecule has 0 saturated carbocycles. The molecule has 0 saturated heterocycles. The summed E-state index contributed by atoms with van der Waals surface area (Å²) < 4.78 is 5.39. The highest BCUT2D eigenvalue weighted by molar-refractivity contribution is 5.97. The topological polar surface area (TPSA) is 81.1 Å². The number of carbonyl (C=O) groups is 1. The summed E-state index contributed by atoms with van der Waals surface area (Å²) in [6, 6.07) is 7.77. The summed E-state index contributed by atoms with van der Waals surface area (Å²) in [4.78, 5) is 16.4. The Morgan fingerprint density at radius 3 is 2.50 bits per heavy atom. The normalized spacial score (nSPS) is 11.5. The van der Waals surface area contributed by atoms with E-state index in [4.69, 9.17) is 10.2 Å². The Kier molecular flexibility index (Phi) is 4.98. The van der Waals surface area contributed by atoms with Crippen LogP contribution in [0.3, 0.4) is 0 Å². The van der Waals surface area contributed by atoms with E-state index in [0.29, 0.717) is 18.0 Å². The highest BCUT2D eigenvalue weighted by atomic mass is 16.3. The smallest absolute Gasteiger partial charge is 0.273 e. The second kappa shape index (κ2) is 6.75. The van der Waals surface area contributed by atoms with Crippen LogP contribution < -0.4 is 11.1 Å². The molecule has 22 heavy (non-hydrogen) atoms. The lowest BCUT2D eigenvalue weighted by Gasteiger charge is -2.26. The van der Waals surface area contributed by atoms with Gasteiger partial charge >= 0.3 is 0 Å². The van der Waals surface area contributed by atoms with Crippen molar-refractivity contribution in [3.8, 4) is 11.3 Å². The molecule has 5 nitrogen and oxygen atoms in total. The van der Waals surface area contributed by atoms with Crippen LogP contribution >= 0.6 is 0 Å². The number of amides is 1. The number of nitrogens with two attached hydrogens (primary N) is 1. The third-order valence-electron chi connectivity index (χ3n) is 4.11. The molecule has 1 aromatic heterocycles. The van der Waals surface area contributed by atoms with Crippen LogP contribution in [0, 0.1) is 6.92 Å². The number of hydrogen-bond donors (Lipinski definition) is 2. The SMILES string of the molecule is CCC(N)(CC)CNC(=O)c1ncoc1-c1ccc(C)cc1. The third kappa shape index (κ3) is 3.54. The van der Waals surface area contributed by atoms with Crippen molar-refractivity contribution >= 4 is 5.91 Å². The van der Waals surface area contributed by atoms with Crippen LogP contribution in [0.2, 0.25) is 0 Å². The Morgan fingerprint density at radius 2 is 1.91 bits per heavy atom. The lowest BCUT2D eigenvalue weighted by Crippen LogP contribution is -2.49. The van der Waals surface area contributed by atoms with E-state index in [1.165, 1.54) is 6.39 Å². The summed E-state index contributed by atoms with van der Waals surface area (Å²) in [6.07, 6.45) is 2.89. The molecule has 0 aliphatic rings. The molecule has 3 N–H and O–H groups in total. The van der Waals surface area contributed by atoms with Crippen molar-refractivity contribution in [2.24, 2.45) is 5.73 Å². The number of rotatable bonds is 6. The summed E-state index contributed by atoms with van der Waals surface area (Å²) in [7, 11) is 0. The van der Waals surface area contributed by atoms with Gasteiger partial charge in [-0.05, 0) is 19.8 Å². The van der Waals surface area contributed by atoms with Crippen molar-refractivity contribution in [3.05, 3.63) is 41.9 Å². The fourth-order valence-corrected chi connectivity index (χ4v) is 2.16. The largest absolute Gasteiger partial charge is 0.443 e. The maximum atomic E-state index is 12.4. The van der Waals surface area contributed by atoms with E-state index in [0.717, 1.165) is 24.0 Å². The number of aryl methyl sites for hydroxylation is 1. The first-order valence-corrected chi connectivity index (χ1v) is 7.56.